The van der Waals surface area contributed by atoms with Gasteiger partial charge in [-0.1, -0.05) is 6.07 Å². The third kappa shape index (κ3) is 4.23. The molecule has 0 bridgehead atoms. The topological polar surface area (TPSA) is 44.4 Å². The van der Waals surface area contributed by atoms with Gasteiger partial charge in [0, 0.05) is 24.3 Å². The molecular weight excluding hydrogens is 250 g/mol. The lowest BCUT2D eigenvalue weighted by Crippen LogP contribution is -2.23. The van der Waals surface area contributed by atoms with Crippen LogP contribution in [0.25, 0.3) is 0 Å². The number of likely N-dealkylation sites (tertiary alicyclic amines) is 1. The smallest absolute Gasteiger partial charge is 0.221 e. The van der Waals surface area contributed by atoms with E-state index in [1.54, 1.807) is 0 Å². The molecule has 1 aliphatic rings. The average molecular weight is 275 g/mol. The third-order valence-electron chi connectivity index (χ3n) is 3.87. The van der Waals surface area contributed by atoms with Crippen LogP contribution in [0.2, 0.25) is 0 Å². The van der Waals surface area contributed by atoms with Gasteiger partial charge in [0.15, 0.2) is 0 Å². The Bertz CT molecular complexity index is 473. The zero-order valence-corrected chi connectivity index (χ0v) is 12.7. The Kier molecular flexibility index (Phi) is 5.01. The van der Waals surface area contributed by atoms with Crippen molar-refractivity contribution >= 4 is 17.3 Å². The van der Waals surface area contributed by atoms with E-state index < -0.39 is 0 Å². The van der Waals surface area contributed by atoms with Gasteiger partial charge in [-0.2, -0.15) is 0 Å². The van der Waals surface area contributed by atoms with Crippen molar-refractivity contribution in [1.82, 2.24) is 4.90 Å². The lowest BCUT2D eigenvalue weighted by molar-refractivity contribution is -0.114. The predicted molar refractivity (Wildman–Crippen MR) is 84.2 cm³/mol. The highest BCUT2D eigenvalue weighted by molar-refractivity contribution is 5.89. The molecule has 1 heterocycles. The summed E-state index contributed by atoms with van der Waals surface area (Å²) in [5.41, 5.74) is 3.21. The molecule has 1 aliphatic heterocycles. The van der Waals surface area contributed by atoms with Crippen LogP contribution in [0, 0.1) is 6.92 Å². The number of hydrogen-bond acceptors (Lipinski definition) is 3. The summed E-state index contributed by atoms with van der Waals surface area (Å²) in [4.78, 5) is 13.5. The van der Waals surface area contributed by atoms with Gasteiger partial charge in [0.05, 0.1) is 0 Å². The first-order valence-corrected chi connectivity index (χ1v) is 7.38. The van der Waals surface area contributed by atoms with Gasteiger partial charge in [0.25, 0.3) is 0 Å². The van der Waals surface area contributed by atoms with Gasteiger partial charge in [-0.3, -0.25) is 4.79 Å². The van der Waals surface area contributed by atoms with Crippen molar-refractivity contribution in [1.29, 1.82) is 0 Å². The van der Waals surface area contributed by atoms with Crippen molar-refractivity contribution in [2.45, 2.75) is 39.2 Å². The van der Waals surface area contributed by atoms with E-state index in [-0.39, 0.29) is 5.91 Å². The van der Waals surface area contributed by atoms with Gasteiger partial charge in [-0.15, -0.1) is 0 Å². The van der Waals surface area contributed by atoms with E-state index in [0.717, 1.165) is 17.9 Å². The Morgan fingerprint density at radius 3 is 2.85 bits per heavy atom. The average Bonchev–Trinajstić information content (AvgIpc) is 2.58. The molecule has 1 atom stereocenters. The van der Waals surface area contributed by atoms with E-state index in [1.807, 2.05) is 12.1 Å². The summed E-state index contributed by atoms with van der Waals surface area (Å²) < 4.78 is 0. The molecule has 1 saturated heterocycles. The molecule has 1 fully saturated rings. The van der Waals surface area contributed by atoms with Crippen molar-refractivity contribution in [2.75, 3.05) is 30.8 Å². The normalized spacial score (nSPS) is 20.2. The number of carbonyl (C=O) groups excluding carboxylic acids is 1. The van der Waals surface area contributed by atoms with E-state index in [0.29, 0.717) is 6.04 Å². The monoisotopic (exact) mass is 275 g/mol. The first-order valence-electron chi connectivity index (χ1n) is 7.38. The molecule has 4 heteroatoms. The van der Waals surface area contributed by atoms with E-state index in [9.17, 15) is 4.79 Å². The number of benzene rings is 1. The molecule has 0 saturated carbocycles. The molecule has 1 amide bonds. The molecule has 4 nitrogen and oxygen atoms in total. The fraction of sp³-hybridized carbons (Fsp3) is 0.562. The maximum absolute atomic E-state index is 11.1. The number of nitrogens with one attached hydrogen (secondary N) is 2. The molecular formula is C16H25N3O. The lowest BCUT2D eigenvalue weighted by atomic mass is 10.1. The summed E-state index contributed by atoms with van der Waals surface area (Å²) in [5.74, 6) is -0.0316. The Morgan fingerprint density at radius 2 is 2.10 bits per heavy atom. The molecule has 20 heavy (non-hydrogen) atoms. The van der Waals surface area contributed by atoms with Crippen molar-refractivity contribution in [3.05, 3.63) is 23.8 Å². The molecule has 0 aliphatic carbocycles. The molecule has 2 N–H and O–H groups in total. The molecule has 2 rings (SSSR count). The first kappa shape index (κ1) is 14.9. The van der Waals surface area contributed by atoms with Crippen molar-refractivity contribution < 1.29 is 4.79 Å². The van der Waals surface area contributed by atoms with Crippen LogP contribution in [0.15, 0.2) is 18.2 Å². The summed E-state index contributed by atoms with van der Waals surface area (Å²) in [6.07, 6.45) is 3.60. The number of hydrogen-bond donors (Lipinski definition) is 2. The van der Waals surface area contributed by atoms with Crippen LogP contribution < -0.4 is 10.6 Å². The molecule has 1 aromatic rings. The minimum Gasteiger partial charge on any atom is -0.382 e. The van der Waals surface area contributed by atoms with Crippen LogP contribution in [-0.4, -0.2) is 37.0 Å². The quantitative estimate of drug-likeness (QED) is 0.891. The summed E-state index contributed by atoms with van der Waals surface area (Å²) in [6, 6.07) is 6.55. The Labute approximate surface area is 121 Å². The van der Waals surface area contributed by atoms with Crippen LogP contribution in [0.5, 0.6) is 0 Å². The van der Waals surface area contributed by atoms with Crippen LogP contribution >= 0.6 is 0 Å². The number of aryl methyl sites for hydroxylation is 1. The standard InChI is InChI=1S/C16H25N3O/c1-12-6-7-15(17-13(2)20)11-16(12)18-14-5-4-9-19(3)10-8-14/h6-7,11,14,18H,4-5,8-10H2,1-3H3,(H,17,20). The summed E-state index contributed by atoms with van der Waals surface area (Å²) in [5, 5.41) is 6.49. The zero-order valence-electron chi connectivity index (χ0n) is 12.7. The van der Waals surface area contributed by atoms with Gasteiger partial charge in [-0.05, 0) is 64.0 Å². The molecule has 1 aromatic carbocycles. The van der Waals surface area contributed by atoms with Gasteiger partial charge >= 0.3 is 0 Å². The summed E-state index contributed by atoms with van der Waals surface area (Å²) >= 11 is 0. The minimum atomic E-state index is -0.0316. The highest BCUT2D eigenvalue weighted by Crippen LogP contribution is 2.23. The highest BCUT2D eigenvalue weighted by atomic mass is 16.1. The van der Waals surface area contributed by atoms with Crippen molar-refractivity contribution in [2.24, 2.45) is 0 Å². The summed E-state index contributed by atoms with van der Waals surface area (Å²) in [6.45, 7) is 5.96. The van der Waals surface area contributed by atoms with Crippen LogP contribution in [0.3, 0.4) is 0 Å². The second-order valence-corrected chi connectivity index (χ2v) is 5.79. The number of nitrogens with zero attached hydrogens (tertiary/aromatic N) is 1. The fourth-order valence-electron chi connectivity index (χ4n) is 2.66. The van der Waals surface area contributed by atoms with Crippen molar-refractivity contribution in [3.8, 4) is 0 Å². The van der Waals surface area contributed by atoms with Gasteiger partial charge < -0.3 is 15.5 Å². The lowest BCUT2D eigenvalue weighted by Gasteiger charge is -2.20. The van der Waals surface area contributed by atoms with E-state index in [2.05, 4.69) is 35.6 Å². The van der Waals surface area contributed by atoms with Gasteiger partial charge in [0.1, 0.15) is 0 Å². The van der Waals surface area contributed by atoms with Crippen LogP contribution in [-0.2, 0) is 4.79 Å². The van der Waals surface area contributed by atoms with Crippen molar-refractivity contribution in [3.63, 3.8) is 0 Å². The maximum Gasteiger partial charge on any atom is 0.221 e. The number of carbonyl (C=O) groups is 1. The largest absolute Gasteiger partial charge is 0.382 e. The fourth-order valence-corrected chi connectivity index (χ4v) is 2.66. The zero-order chi connectivity index (χ0) is 14.5. The molecule has 0 spiro atoms. The first-order chi connectivity index (χ1) is 9.54. The Morgan fingerprint density at radius 1 is 1.30 bits per heavy atom. The second kappa shape index (κ2) is 6.75. The summed E-state index contributed by atoms with van der Waals surface area (Å²) in [7, 11) is 2.19. The van der Waals surface area contributed by atoms with E-state index in [4.69, 9.17) is 0 Å². The SMILES string of the molecule is CC(=O)Nc1ccc(C)c(NC2CCCN(C)CC2)c1. The highest BCUT2D eigenvalue weighted by Gasteiger charge is 2.15. The van der Waals surface area contributed by atoms with E-state index >= 15 is 0 Å². The molecule has 110 valence electrons. The molecule has 1 unspecified atom stereocenters. The number of anilines is 2. The maximum atomic E-state index is 11.1. The number of rotatable bonds is 3. The van der Waals surface area contributed by atoms with E-state index in [1.165, 1.54) is 38.3 Å². The second-order valence-electron chi connectivity index (χ2n) is 5.79. The predicted octanol–water partition coefficient (Wildman–Crippen LogP) is 2.85. The minimum absolute atomic E-state index is 0.0316. The molecule has 0 radical (unpaired) electrons. The Hall–Kier alpha value is -1.55. The van der Waals surface area contributed by atoms with Gasteiger partial charge in [0.2, 0.25) is 5.91 Å². The third-order valence-corrected chi connectivity index (χ3v) is 3.87. The molecule has 0 aromatic heterocycles. The van der Waals surface area contributed by atoms with Crippen LogP contribution in [0.4, 0.5) is 11.4 Å². The number of amides is 1. The van der Waals surface area contributed by atoms with Gasteiger partial charge in [-0.25, -0.2) is 0 Å². The van der Waals surface area contributed by atoms with Crippen LogP contribution in [0.1, 0.15) is 31.7 Å². The Balaban J connectivity index is 2.05.